The molecule has 0 fully saturated rings. The normalized spacial score (nSPS) is 12.0. The Morgan fingerprint density at radius 1 is 1.14 bits per heavy atom. The van der Waals surface area contributed by atoms with Crippen molar-refractivity contribution in [2.45, 2.75) is 11.1 Å². The first-order chi connectivity index (χ1) is 13.5. The van der Waals surface area contributed by atoms with Gasteiger partial charge in [-0.25, -0.2) is 4.68 Å². The van der Waals surface area contributed by atoms with Crippen molar-refractivity contribution in [3.8, 4) is 5.69 Å². The van der Waals surface area contributed by atoms with Crippen LogP contribution in [0.25, 0.3) is 5.69 Å². The molecule has 152 valence electrons. The first-order valence-corrected chi connectivity index (χ1v) is 9.58. The van der Waals surface area contributed by atoms with E-state index in [4.69, 9.17) is 16.2 Å². The van der Waals surface area contributed by atoms with E-state index in [0.717, 1.165) is 18.3 Å². The molecule has 2 aromatic carbocycles. The second-order valence-electron chi connectivity index (χ2n) is 5.75. The fourth-order valence-corrected chi connectivity index (χ4v) is 3.15. The van der Waals surface area contributed by atoms with Crippen LogP contribution in [0, 0.1) is 0 Å². The lowest BCUT2D eigenvalue weighted by atomic mass is 10.2. The van der Waals surface area contributed by atoms with Gasteiger partial charge in [0.2, 0.25) is 0 Å². The van der Waals surface area contributed by atoms with E-state index < -0.39 is 38.4 Å². The molecule has 0 radical (unpaired) electrons. The Morgan fingerprint density at radius 2 is 1.79 bits per heavy atom. The average molecular weight is 446 g/mol. The van der Waals surface area contributed by atoms with E-state index >= 15 is 0 Å². The average Bonchev–Trinajstić information content (AvgIpc) is 3.07. The van der Waals surface area contributed by atoms with Gasteiger partial charge in [-0.1, -0.05) is 17.7 Å². The molecule has 3 rings (SSSR count). The summed E-state index contributed by atoms with van der Waals surface area (Å²) in [5, 5.41) is 6.14. The van der Waals surface area contributed by atoms with Crippen molar-refractivity contribution >= 4 is 33.3 Å². The van der Waals surface area contributed by atoms with E-state index in [1.54, 1.807) is 0 Å². The van der Waals surface area contributed by atoms with Crippen LogP contribution in [-0.2, 0) is 16.3 Å². The quantitative estimate of drug-likeness (QED) is 0.590. The van der Waals surface area contributed by atoms with Crippen LogP contribution in [0.15, 0.2) is 59.6 Å². The minimum absolute atomic E-state index is 0.0362. The third-order valence-electron chi connectivity index (χ3n) is 3.74. The van der Waals surface area contributed by atoms with Crippen LogP contribution in [0.4, 0.5) is 18.9 Å². The standard InChI is InChI=1S/C17H11ClF3N3O4S/c18-10-4-6-12(7-5-10)24-15(17(19,20)21)14(9-22-24)16(25)23-11-2-1-3-13(8-11)29(26,27)28/h1-9H,(H,23,25)(H,26,27,28). The highest BCUT2D eigenvalue weighted by atomic mass is 35.5. The predicted molar refractivity (Wildman–Crippen MR) is 97.8 cm³/mol. The lowest BCUT2D eigenvalue weighted by molar-refractivity contribution is -0.143. The Balaban J connectivity index is 2.01. The number of amides is 1. The molecule has 0 unspecified atom stereocenters. The molecule has 0 aliphatic rings. The van der Waals surface area contributed by atoms with Crippen LogP contribution in [0.2, 0.25) is 5.02 Å². The summed E-state index contributed by atoms with van der Waals surface area (Å²) in [4.78, 5) is 11.9. The van der Waals surface area contributed by atoms with E-state index in [-0.39, 0.29) is 11.4 Å². The van der Waals surface area contributed by atoms with Gasteiger partial charge in [0.1, 0.15) is 0 Å². The highest BCUT2D eigenvalue weighted by molar-refractivity contribution is 7.85. The first-order valence-electron chi connectivity index (χ1n) is 7.77. The molecule has 0 aliphatic heterocycles. The van der Waals surface area contributed by atoms with Crippen LogP contribution in [-0.4, -0.2) is 28.7 Å². The molecule has 0 aliphatic carbocycles. The van der Waals surface area contributed by atoms with Gasteiger partial charge in [-0.3, -0.25) is 9.35 Å². The molecule has 0 saturated heterocycles. The van der Waals surface area contributed by atoms with Gasteiger partial charge in [0.15, 0.2) is 5.69 Å². The number of carbonyl (C=O) groups is 1. The summed E-state index contributed by atoms with van der Waals surface area (Å²) in [5.41, 5.74) is -2.18. The lowest BCUT2D eigenvalue weighted by Crippen LogP contribution is -2.20. The SMILES string of the molecule is O=C(Nc1cccc(S(=O)(=O)O)c1)c1cnn(-c2ccc(Cl)cc2)c1C(F)(F)F. The van der Waals surface area contributed by atoms with Crippen molar-refractivity contribution in [1.29, 1.82) is 0 Å². The van der Waals surface area contributed by atoms with Crippen LogP contribution < -0.4 is 5.32 Å². The number of alkyl halides is 3. The van der Waals surface area contributed by atoms with Gasteiger partial charge < -0.3 is 5.32 Å². The molecule has 12 heteroatoms. The Bertz CT molecular complexity index is 1180. The monoisotopic (exact) mass is 445 g/mol. The molecular formula is C17H11ClF3N3O4S. The zero-order chi connectivity index (χ0) is 21.4. The second-order valence-corrected chi connectivity index (χ2v) is 7.61. The van der Waals surface area contributed by atoms with Crippen molar-refractivity contribution in [3.63, 3.8) is 0 Å². The number of aromatic nitrogens is 2. The van der Waals surface area contributed by atoms with Crippen molar-refractivity contribution < 1.29 is 30.9 Å². The van der Waals surface area contributed by atoms with Gasteiger partial charge in [-0.2, -0.15) is 26.7 Å². The first kappa shape index (κ1) is 20.8. The zero-order valence-electron chi connectivity index (χ0n) is 14.2. The van der Waals surface area contributed by atoms with Crippen LogP contribution >= 0.6 is 11.6 Å². The Labute approximate surface area is 167 Å². The molecule has 2 N–H and O–H groups in total. The van der Waals surface area contributed by atoms with E-state index in [1.807, 2.05) is 0 Å². The van der Waals surface area contributed by atoms with Gasteiger partial charge in [0, 0.05) is 10.7 Å². The van der Waals surface area contributed by atoms with E-state index in [1.165, 1.54) is 36.4 Å². The highest BCUT2D eigenvalue weighted by Crippen LogP contribution is 2.34. The number of rotatable bonds is 4. The van der Waals surface area contributed by atoms with Gasteiger partial charge in [0.25, 0.3) is 16.0 Å². The third-order valence-corrected chi connectivity index (χ3v) is 4.84. The van der Waals surface area contributed by atoms with Gasteiger partial charge >= 0.3 is 6.18 Å². The molecule has 1 heterocycles. The maximum absolute atomic E-state index is 13.6. The topological polar surface area (TPSA) is 101 Å². The van der Waals surface area contributed by atoms with E-state index in [2.05, 4.69) is 10.4 Å². The molecule has 7 nitrogen and oxygen atoms in total. The minimum Gasteiger partial charge on any atom is -0.322 e. The zero-order valence-corrected chi connectivity index (χ0v) is 15.8. The summed E-state index contributed by atoms with van der Waals surface area (Å²) >= 11 is 5.74. The predicted octanol–water partition coefficient (Wildman–Crippen LogP) is 4.04. The largest absolute Gasteiger partial charge is 0.434 e. The number of anilines is 1. The maximum Gasteiger partial charge on any atom is 0.434 e. The molecule has 0 atom stereocenters. The van der Waals surface area contributed by atoms with E-state index in [9.17, 15) is 26.4 Å². The molecule has 0 bridgehead atoms. The fraction of sp³-hybridized carbons (Fsp3) is 0.0588. The molecule has 0 saturated carbocycles. The van der Waals surface area contributed by atoms with Crippen LogP contribution in [0.3, 0.4) is 0 Å². The number of carbonyl (C=O) groups excluding carboxylic acids is 1. The third kappa shape index (κ3) is 4.58. The minimum atomic E-state index is -4.92. The van der Waals surface area contributed by atoms with Gasteiger partial charge in [-0.15, -0.1) is 0 Å². The summed E-state index contributed by atoms with van der Waals surface area (Å²) in [7, 11) is -4.55. The smallest absolute Gasteiger partial charge is 0.322 e. The number of nitrogens with one attached hydrogen (secondary N) is 1. The lowest BCUT2D eigenvalue weighted by Gasteiger charge is -2.13. The Morgan fingerprint density at radius 3 is 2.38 bits per heavy atom. The number of nitrogens with zero attached hydrogens (tertiary/aromatic N) is 2. The number of hydrogen-bond donors (Lipinski definition) is 2. The number of benzene rings is 2. The second kappa shape index (κ2) is 7.50. The highest BCUT2D eigenvalue weighted by Gasteiger charge is 2.40. The van der Waals surface area contributed by atoms with Crippen molar-refractivity contribution in [3.05, 3.63) is 71.0 Å². The summed E-state index contributed by atoms with van der Waals surface area (Å²) in [6.07, 6.45) is -4.17. The Hall–Kier alpha value is -2.89. The summed E-state index contributed by atoms with van der Waals surface area (Å²) in [6, 6.07) is 9.79. The number of hydrogen-bond acceptors (Lipinski definition) is 4. The summed E-state index contributed by atoms with van der Waals surface area (Å²) in [5.74, 6) is -1.16. The number of halogens is 4. The molecule has 1 amide bonds. The fourth-order valence-electron chi connectivity index (χ4n) is 2.50. The van der Waals surface area contributed by atoms with Crippen molar-refractivity contribution in [1.82, 2.24) is 9.78 Å². The van der Waals surface area contributed by atoms with Crippen LogP contribution in [0.5, 0.6) is 0 Å². The van der Waals surface area contributed by atoms with Gasteiger partial charge in [-0.05, 0) is 42.5 Å². The molecular weight excluding hydrogens is 435 g/mol. The molecule has 0 spiro atoms. The van der Waals surface area contributed by atoms with Crippen molar-refractivity contribution in [2.75, 3.05) is 5.32 Å². The summed E-state index contributed by atoms with van der Waals surface area (Å²) in [6.45, 7) is 0. The molecule has 1 aromatic heterocycles. The van der Waals surface area contributed by atoms with E-state index in [0.29, 0.717) is 9.70 Å². The molecule has 3 aromatic rings. The van der Waals surface area contributed by atoms with Crippen LogP contribution in [0.1, 0.15) is 16.1 Å². The van der Waals surface area contributed by atoms with Gasteiger partial charge in [0.05, 0.1) is 22.3 Å². The molecule has 29 heavy (non-hydrogen) atoms. The van der Waals surface area contributed by atoms with Crippen molar-refractivity contribution in [2.24, 2.45) is 0 Å². The Kier molecular flexibility index (Phi) is 5.39. The maximum atomic E-state index is 13.6. The summed E-state index contributed by atoms with van der Waals surface area (Å²) < 4.78 is 72.9.